The first-order valence-corrected chi connectivity index (χ1v) is 8.10. The number of hydrogen-bond acceptors (Lipinski definition) is 7. The van der Waals surface area contributed by atoms with E-state index in [1.54, 1.807) is 7.11 Å². The molecule has 2 aromatic heterocycles. The van der Waals surface area contributed by atoms with Gasteiger partial charge in [0.05, 0.1) is 7.11 Å². The molecule has 0 radical (unpaired) electrons. The first-order valence-electron chi connectivity index (χ1n) is 7.28. The van der Waals surface area contributed by atoms with Gasteiger partial charge >= 0.3 is 0 Å². The molecule has 1 aromatic carbocycles. The van der Waals surface area contributed by atoms with Crippen LogP contribution >= 0.6 is 11.3 Å². The molecule has 3 rings (SSSR count). The molecule has 0 saturated heterocycles. The van der Waals surface area contributed by atoms with E-state index < -0.39 is 0 Å². The zero-order valence-corrected chi connectivity index (χ0v) is 13.5. The van der Waals surface area contributed by atoms with Crippen LogP contribution in [0.15, 0.2) is 29.1 Å². The van der Waals surface area contributed by atoms with Crippen LogP contribution in [0.25, 0.3) is 4.96 Å². The predicted molar refractivity (Wildman–Crippen MR) is 88.1 cm³/mol. The molecule has 3 aromatic rings. The Morgan fingerprint density at radius 3 is 3.00 bits per heavy atom. The summed E-state index contributed by atoms with van der Waals surface area (Å²) in [5.41, 5.74) is 6.58. The van der Waals surface area contributed by atoms with Crippen molar-refractivity contribution in [2.24, 2.45) is 5.73 Å². The van der Waals surface area contributed by atoms with E-state index in [9.17, 15) is 4.79 Å². The van der Waals surface area contributed by atoms with Crippen molar-refractivity contribution >= 4 is 16.3 Å². The lowest BCUT2D eigenvalue weighted by atomic mass is 10.1. The van der Waals surface area contributed by atoms with E-state index in [-0.39, 0.29) is 5.56 Å². The second-order valence-corrected chi connectivity index (χ2v) is 6.10. The summed E-state index contributed by atoms with van der Waals surface area (Å²) in [7, 11) is 1.61. The maximum Gasteiger partial charge on any atom is 0.297 e. The van der Waals surface area contributed by atoms with E-state index in [4.69, 9.17) is 10.5 Å². The van der Waals surface area contributed by atoms with Crippen LogP contribution in [0.2, 0.25) is 0 Å². The first kappa shape index (κ1) is 15.6. The Morgan fingerprint density at radius 1 is 1.35 bits per heavy atom. The quantitative estimate of drug-likeness (QED) is 0.725. The minimum Gasteiger partial charge on any atom is -0.497 e. The molecular formula is C15H17N5O2S. The van der Waals surface area contributed by atoms with Gasteiger partial charge in [-0.2, -0.15) is 9.61 Å². The Balaban J connectivity index is 1.92. The fourth-order valence-corrected chi connectivity index (χ4v) is 3.10. The van der Waals surface area contributed by atoms with Gasteiger partial charge in [0.2, 0.25) is 4.96 Å². The number of hydrogen-bond donors (Lipinski definition) is 1. The number of nitrogens with two attached hydrogens (primary N) is 1. The monoisotopic (exact) mass is 331 g/mol. The van der Waals surface area contributed by atoms with Gasteiger partial charge in [0.1, 0.15) is 16.5 Å². The van der Waals surface area contributed by atoms with Crippen molar-refractivity contribution in [1.29, 1.82) is 0 Å². The summed E-state index contributed by atoms with van der Waals surface area (Å²) in [5.74, 6) is 0.745. The van der Waals surface area contributed by atoms with Crippen molar-refractivity contribution in [3.63, 3.8) is 0 Å². The molecule has 0 spiro atoms. The Hall–Kier alpha value is -2.32. The highest BCUT2D eigenvalue weighted by Gasteiger charge is 2.12. The van der Waals surface area contributed by atoms with Gasteiger partial charge in [-0.05, 0) is 30.7 Å². The molecule has 2 N–H and O–H groups in total. The third-order valence-electron chi connectivity index (χ3n) is 3.40. The standard InChI is InChI=1S/C15H17N5O2S/c1-22-11-5-2-4-10(8-11)9-12-14(21)20-15(18-17-12)23-13(19-20)6-3-7-16/h2,4-5,8H,3,6-7,9,16H2,1H3. The van der Waals surface area contributed by atoms with Crippen molar-refractivity contribution in [2.45, 2.75) is 19.3 Å². The Kier molecular flexibility index (Phi) is 4.63. The number of ether oxygens (including phenoxy) is 1. The van der Waals surface area contributed by atoms with Gasteiger partial charge in [-0.15, -0.1) is 10.2 Å². The molecule has 0 atom stereocenters. The second kappa shape index (κ2) is 6.84. The molecule has 7 nitrogen and oxygen atoms in total. The van der Waals surface area contributed by atoms with Crippen molar-refractivity contribution in [3.8, 4) is 5.75 Å². The Labute approximate surface area is 136 Å². The summed E-state index contributed by atoms with van der Waals surface area (Å²) in [5, 5.41) is 13.4. The smallest absolute Gasteiger partial charge is 0.297 e. The lowest BCUT2D eigenvalue weighted by molar-refractivity contribution is 0.414. The van der Waals surface area contributed by atoms with E-state index in [0.29, 0.717) is 23.6 Å². The van der Waals surface area contributed by atoms with Crippen LogP contribution in [0.1, 0.15) is 22.7 Å². The second-order valence-electron chi connectivity index (χ2n) is 5.06. The third kappa shape index (κ3) is 3.38. The fourth-order valence-electron chi connectivity index (χ4n) is 2.23. The van der Waals surface area contributed by atoms with Crippen LogP contribution in [0, 0.1) is 0 Å². The van der Waals surface area contributed by atoms with Gasteiger partial charge in [-0.1, -0.05) is 23.5 Å². The van der Waals surface area contributed by atoms with Crippen molar-refractivity contribution in [3.05, 3.63) is 50.9 Å². The fraction of sp³-hybridized carbons (Fsp3) is 0.333. The summed E-state index contributed by atoms with van der Waals surface area (Å²) >= 11 is 1.38. The lowest BCUT2D eigenvalue weighted by Crippen LogP contribution is -2.22. The van der Waals surface area contributed by atoms with Crippen LogP contribution < -0.4 is 16.0 Å². The van der Waals surface area contributed by atoms with Gasteiger partial charge in [-0.3, -0.25) is 4.79 Å². The molecule has 0 bridgehead atoms. The topological polar surface area (TPSA) is 95.4 Å². The minimum absolute atomic E-state index is 0.229. The zero-order chi connectivity index (χ0) is 16.2. The predicted octanol–water partition coefficient (Wildman–Crippen LogP) is 1.04. The molecule has 120 valence electrons. The lowest BCUT2D eigenvalue weighted by Gasteiger charge is -2.03. The molecule has 0 aliphatic heterocycles. The van der Waals surface area contributed by atoms with E-state index in [0.717, 1.165) is 29.2 Å². The van der Waals surface area contributed by atoms with Gasteiger partial charge < -0.3 is 10.5 Å². The molecule has 0 unspecified atom stereocenters. The third-order valence-corrected chi connectivity index (χ3v) is 4.36. The molecule has 8 heteroatoms. The average Bonchev–Trinajstić information content (AvgIpc) is 3.00. The number of fused-ring (bicyclic) bond motifs is 1. The van der Waals surface area contributed by atoms with Crippen molar-refractivity contribution in [1.82, 2.24) is 19.8 Å². The van der Waals surface area contributed by atoms with Crippen LogP contribution in [-0.4, -0.2) is 33.5 Å². The molecule has 0 aliphatic rings. The van der Waals surface area contributed by atoms with Gasteiger partial charge in [0.15, 0.2) is 0 Å². The number of methoxy groups -OCH3 is 1. The number of aryl methyl sites for hydroxylation is 1. The molecule has 0 amide bonds. The molecule has 23 heavy (non-hydrogen) atoms. The Bertz CT molecular complexity index is 874. The summed E-state index contributed by atoms with van der Waals surface area (Å²) < 4.78 is 6.53. The first-order chi connectivity index (χ1) is 11.2. The van der Waals surface area contributed by atoms with Gasteiger partial charge in [0.25, 0.3) is 5.56 Å². The minimum atomic E-state index is -0.229. The molecule has 2 heterocycles. The number of rotatable bonds is 6. The zero-order valence-electron chi connectivity index (χ0n) is 12.7. The van der Waals surface area contributed by atoms with Crippen molar-refractivity contribution in [2.75, 3.05) is 13.7 Å². The van der Waals surface area contributed by atoms with Crippen LogP contribution in [0.3, 0.4) is 0 Å². The van der Waals surface area contributed by atoms with E-state index in [1.165, 1.54) is 15.9 Å². The normalized spacial score (nSPS) is 11.0. The molecule has 0 saturated carbocycles. The maximum absolute atomic E-state index is 12.5. The highest BCUT2D eigenvalue weighted by Crippen LogP contribution is 2.15. The highest BCUT2D eigenvalue weighted by molar-refractivity contribution is 7.16. The summed E-state index contributed by atoms with van der Waals surface area (Å²) in [6, 6.07) is 7.54. The summed E-state index contributed by atoms with van der Waals surface area (Å²) in [4.78, 5) is 13.0. The van der Waals surface area contributed by atoms with Gasteiger partial charge in [0, 0.05) is 12.8 Å². The van der Waals surface area contributed by atoms with Crippen LogP contribution in [0.5, 0.6) is 5.75 Å². The summed E-state index contributed by atoms with van der Waals surface area (Å²) in [6.45, 7) is 0.595. The van der Waals surface area contributed by atoms with Gasteiger partial charge in [-0.25, -0.2) is 0 Å². The number of benzene rings is 1. The van der Waals surface area contributed by atoms with E-state index in [2.05, 4.69) is 15.3 Å². The van der Waals surface area contributed by atoms with Crippen molar-refractivity contribution < 1.29 is 4.74 Å². The number of aromatic nitrogens is 4. The average molecular weight is 331 g/mol. The highest BCUT2D eigenvalue weighted by atomic mass is 32.1. The van der Waals surface area contributed by atoms with Crippen LogP contribution in [0.4, 0.5) is 0 Å². The Morgan fingerprint density at radius 2 is 2.22 bits per heavy atom. The molecule has 0 aliphatic carbocycles. The molecule has 0 fully saturated rings. The van der Waals surface area contributed by atoms with E-state index >= 15 is 0 Å². The number of nitrogens with zero attached hydrogens (tertiary/aromatic N) is 4. The van der Waals surface area contributed by atoms with Crippen LogP contribution in [-0.2, 0) is 12.8 Å². The largest absolute Gasteiger partial charge is 0.497 e. The molecular weight excluding hydrogens is 314 g/mol. The van der Waals surface area contributed by atoms with E-state index in [1.807, 2.05) is 24.3 Å². The summed E-state index contributed by atoms with van der Waals surface area (Å²) in [6.07, 6.45) is 1.97. The maximum atomic E-state index is 12.5. The SMILES string of the molecule is COc1cccc(Cc2nnc3sc(CCCN)nn3c2=O)c1.